The van der Waals surface area contributed by atoms with Crippen LogP contribution in [0, 0.1) is 0 Å². The molecule has 0 amide bonds. The molecule has 3 unspecified atom stereocenters. The summed E-state index contributed by atoms with van der Waals surface area (Å²) in [4.78, 5) is 11.6. The number of epoxide rings is 1. The molecule has 0 radical (unpaired) electrons. The highest BCUT2D eigenvalue weighted by Crippen LogP contribution is 2.28. The molecule has 1 heterocycles. The van der Waals surface area contributed by atoms with Crippen LogP contribution in [0.3, 0.4) is 0 Å². The van der Waals surface area contributed by atoms with Crippen LogP contribution in [0.1, 0.15) is 89.9 Å². The lowest BCUT2D eigenvalue weighted by Gasteiger charge is -2.06. The second-order valence-corrected chi connectivity index (χ2v) is 7.67. The number of carbonyl (C=O) groups is 1. The molecule has 1 saturated heterocycles. The standard InChI is InChI=1S/C21H40O6/c22-15-13-11-9-7-5-3-1-2-4-6-8-10-12-14-19-20(27-19)21(25)26-17-18(24)16-23/h18-20,22-24H,1-17H2. The van der Waals surface area contributed by atoms with E-state index in [1.54, 1.807) is 0 Å². The second-order valence-electron chi connectivity index (χ2n) is 7.67. The molecule has 3 N–H and O–H groups in total. The first-order chi connectivity index (χ1) is 13.2. The Morgan fingerprint density at radius 1 is 0.815 bits per heavy atom. The van der Waals surface area contributed by atoms with Crippen LogP contribution in [0.15, 0.2) is 0 Å². The van der Waals surface area contributed by atoms with E-state index in [9.17, 15) is 4.79 Å². The van der Waals surface area contributed by atoms with E-state index < -0.39 is 24.8 Å². The first kappa shape index (κ1) is 24.3. The lowest BCUT2D eigenvalue weighted by Crippen LogP contribution is -2.24. The van der Waals surface area contributed by atoms with Gasteiger partial charge in [-0.3, -0.25) is 0 Å². The van der Waals surface area contributed by atoms with E-state index in [-0.39, 0.29) is 12.7 Å². The van der Waals surface area contributed by atoms with Crippen molar-refractivity contribution >= 4 is 5.97 Å². The van der Waals surface area contributed by atoms with Crippen molar-refractivity contribution in [1.82, 2.24) is 0 Å². The van der Waals surface area contributed by atoms with Crippen LogP contribution in [0.2, 0.25) is 0 Å². The van der Waals surface area contributed by atoms with Gasteiger partial charge in [-0.05, 0) is 12.8 Å². The summed E-state index contributed by atoms with van der Waals surface area (Å²) in [5, 5.41) is 26.5. The molecule has 0 aromatic heterocycles. The van der Waals surface area contributed by atoms with E-state index in [4.69, 9.17) is 24.8 Å². The number of aliphatic hydroxyl groups is 3. The Bertz CT molecular complexity index is 363. The van der Waals surface area contributed by atoms with Gasteiger partial charge in [-0.15, -0.1) is 0 Å². The monoisotopic (exact) mass is 388 g/mol. The molecular weight excluding hydrogens is 348 g/mol. The Hall–Kier alpha value is -0.690. The number of hydrogen-bond donors (Lipinski definition) is 3. The Kier molecular flexibility index (Phi) is 14.7. The highest BCUT2D eigenvalue weighted by molar-refractivity contribution is 5.77. The molecule has 0 saturated carbocycles. The van der Waals surface area contributed by atoms with Crippen LogP contribution in [0.4, 0.5) is 0 Å². The van der Waals surface area contributed by atoms with Gasteiger partial charge in [0.1, 0.15) is 12.7 Å². The van der Waals surface area contributed by atoms with Gasteiger partial charge < -0.3 is 24.8 Å². The molecule has 0 spiro atoms. The van der Waals surface area contributed by atoms with Crippen molar-refractivity contribution in [2.45, 2.75) is 108 Å². The van der Waals surface area contributed by atoms with Gasteiger partial charge in [0.25, 0.3) is 0 Å². The van der Waals surface area contributed by atoms with Crippen LogP contribution in [-0.2, 0) is 14.3 Å². The lowest BCUT2D eigenvalue weighted by atomic mass is 10.0. The van der Waals surface area contributed by atoms with Crippen molar-refractivity contribution in [3.05, 3.63) is 0 Å². The van der Waals surface area contributed by atoms with Crippen molar-refractivity contribution in [2.75, 3.05) is 19.8 Å². The first-order valence-electron chi connectivity index (χ1n) is 10.9. The predicted octanol–water partition coefficient (Wildman–Crippen LogP) is 3.10. The molecule has 6 heteroatoms. The van der Waals surface area contributed by atoms with Crippen molar-refractivity contribution < 1.29 is 29.6 Å². The maximum atomic E-state index is 11.6. The summed E-state index contributed by atoms with van der Waals surface area (Å²) >= 11 is 0. The van der Waals surface area contributed by atoms with Crippen LogP contribution in [0.5, 0.6) is 0 Å². The van der Waals surface area contributed by atoms with Gasteiger partial charge >= 0.3 is 5.97 Å². The van der Waals surface area contributed by atoms with Gasteiger partial charge in [0.15, 0.2) is 6.10 Å². The van der Waals surface area contributed by atoms with Crippen LogP contribution in [0.25, 0.3) is 0 Å². The third kappa shape index (κ3) is 13.2. The highest BCUT2D eigenvalue weighted by Gasteiger charge is 2.45. The summed E-state index contributed by atoms with van der Waals surface area (Å²) in [5.74, 6) is -0.430. The van der Waals surface area contributed by atoms with Crippen molar-refractivity contribution in [2.24, 2.45) is 0 Å². The van der Waals surface area contributed by atoms with E-state index in [0.29, 0.717) is 6.61 Å². The number of carbonyl (C=O) groups excluding carboxylic acids is 1. The summed E-state index contributed by atoms with van der Waals surface area (Å²) in [6.45, 7) is -0.253. The lowest BCUT2D eigenvalue weighted by molar-refractivity contribution is -0.148. The predicted molar refractivity (Wildman–Crippen MR) is 104 cm³/mol. The molecule has 0 aliphatic carbocycles. The van der Waals surface area contributed by atoms with E-state index in [0.717, 1.165) is 25.7 Å². The highest BCUT2D eigenvalue weighted by atomic mass is 16.6. The fraction of sp³-hybridized carbons (Fsp3) is 0.952. The SMILES string of the molecule is O=C(OCC(O)CO)C1OC1CCCCCCCCCCCCCCCO. The van der Waals surface area contributed by atoms with Crippen molar-refractivity contribution in [1.29, 1.82) is 0 Å². The molecule has 27 heavy (non-hydrogen) atoms. The fourth-order valence-corrected chi connectivity index (χ4v) is 3.28. The van der Waals surface area contributed by atoms with Crippen LogP contribution in [-0.4, -0.2) is 59.4 Å². The van der Waals surface area contributed by atoms with Gasteiger partial charge in [0.05, 0.1) is 12.7 Å². The minimum absolute atomic E-state index is 0.0267. The van der Waals surface area contributed by atoms with Crippen molar-refractivity contribution in [3.63, 3.8) is 0 Å². The van der Waals surface area contributed by atoms with Gasteiger partial charge in [0.2, 0.25) is 0 Å². The smallest absolute Gasteiger partial charge is 0.338 e. The summed E-state index contributed by atoms with van der Waals surface area (Å²) in [7, 11) is 0. The maximum Gasteiger partial charge on any atom is 0.338 e. The molecule has 1 fully saturated rings. The molecule has 1 rings (SSSR count). The Balaban J connectivity index is 1.78. The molecule has 3 atom stereocenters. The largest absolute Gasteiger partial charge is 0.461 e. The van der Waals surface area contributed by atoms with E-state index >= 15 is 0 Å². The number of rotatable bonds is 19. The normalized spacial score (nSPS) is 19.8. The number of unbranched alkanes of at least 4 members (excludes halogenated alkanes) is 12. The number of ether oxygens (including phenoxy) is 2. The summed E-state index contributed by atoms with van der Waals surface area (Å²) in [6, 6.07) is 0. The zero-order chi connectivity index (χ0) is 19.7. The van der Waals surface area contributed by atoms with E-state index in [1.807, 2.05) is 0 Å². The van der Waals surface area contributed by atoms with Crippen molar-refractivity contribution in [3.8, 4) is 0 Å². The minimum Gasteiger partial charge on any atom is -0.461 e. The van der Waals surface area contributed by atoms with Gasteiger partial charge in [0, 0.05) is 6.61 Å². The van der Waals surface area contributed by atoms with Crippen LogP contribution >= 0.6 is 0 Å². The van der Waals surface area contributed by atoms with Gasteiger partial charge in [-0.25, -0.2) is 4.79 Å². The minimum atomic E-state index is -1.01. The summed E-state index contributed by atoms with van der Waals surface area (Å²) in [6.07, 6.45) is 15.5. The molecular formula is C21H40O6. The number of aliphatic hydroxyl groups excluding tert-OH is 3. The maximum absolute atomic E-state index is 11.6. The molecule has 0 aromatic rings. The molecule has 0 bridgehead atoms. The molecule has 160 valence electrons. The third-order valence-corrected chi connectivity index (χ3v) is 5.09. The Morgan fingerprint density at radius 3 is 1.78 bits per heavy atom. The number of esters is 1. The van der Waals surface area contributed by atoms with Crippen LogP contribution < -0.4 is 0 Å². The average Bonchev–Trinajstić information content (AvgIpc) is 3.45. The zero-order valence-electron chi connectivity index (χ0n) is 16.8. The number of hydrogen-bond acceptors (Lipinski definition) is 6. The summed E-state index contributed by atoms with van der Waals surface area (Å²) < 4.78 is 10.2. The molecule has 0 aromatic carbocycles. The van der Waals surface area contributed by atoms with Gasteiger partial charge in [-0.1, -0.05) is 77.0 Å². The second kappa shape index (κ2) is 16.3. The van der Waals surface area contributed by atoms with E-state index in [2.05, 4.69) is 0 Å². The topological polar surface area (TPSA) is 99.5 Å². The van der Waals surface area contributed by atoms with E-state index in [1.165, 1.54) is 64.2 Å². The first-order valence-corrected chi connectivity index (χ1v) is 10.9. The molecule has 6 nitrogen and oxygen atoms in total. The third-order valence-electron chi connectivity index (χ3n) is 5.09. The summed E-state index contributed by atoms with van der Waals surface area (Å²) in [5.41, 5.74) is 0. The fourth-order valence-electron chi connectivity index (χ4n) is 3.28. The Morgan fingerprint density at radius 2 is 1.30 bits per heavy atom. The molecule has 1 aliphatic rings. The van der Waals surface area contributed by atoms with Gasteiger partial charge in [-0.2, -0.15) is 0 Å². The average molecular weight is 389 g/mol. The molecule has 1 aliphatic heterocycles. The zero-order valence-corrected chi connectivity index (χ0v) is 16.8. The Labute approximate surface area is 164 Å². The quantitative estimate of drug-likeness (QED) is 0.179.